The molecule has 2 heteroatoms. The van der Waals surface area contributed by atoms with Crippen molar-refractivity contribution in [3.05, 3.63) is 47.5 Å². The lowest BCUT2D eigenvalue weighted by atomic mass is 9.89. The number of rotatable bonds is 6. The molecule has 0 radical (unpaired) electrons. The molecule has 0 bridgehead atoms. The van der Waals surface area contributed by atoms with Crippen molar-refractivity contribution in [2.75, 3.05) is 13.2 Å². The van der Waals surface area contributed by atoms with Crippen LogP contribution in [0.15, 0.2) is 36.4 Å². The van der Waals surface area contributed by atoms with E-state index in [1.165, 1.54) is 43.4 Å². The van der Waals surface area contributed by atoms with Crippen LogP contribution in [0.2, 0.25) is 0 Å². The highest BCUT2D eigenvalue weighted by Gasteiger charge is 2.18. The molecule has 0 aliphatic heterocycles. The first kappa shape index (κ1) is 17.0. The third kappa shape index (κ3) is 2.56. The van der Waals surface area contributed by atoms with Gasteiger partial charge >= 0.3 is 0 Å². The van der Waals surface area contributed by atoms with E-state index in [2.05, 4.69) is 64.1 Å². The van der Waals surface area contributed by atoms with Crippen LogP contribution in [-0.4, -0.2) is 13.2 Å². The van der Waals surface area contributed by atoms with E-state index in [9.17, 15) is 0 Å². The normalized spacial score (nSPS) is 11.7. The van der Waals surface area contributed by atoms with Crippen LogP contribution in [0, 0.1) is 13.8 Å². The van der Waals surface area contributed by atoms with Gasteiger partial charge < -0.3 is 9.47 Å². The summed E-state index contributed by atoms with van der Waals surface area (Å²) >= 11 is 0. The van der Waals surface area contributed by atoms with Gasteiger partial charge in [-0.2, -0.15) is 0 Å². The Hall–Kier alpha value is -2.48. The van der Waals surface area contributed by atoms with Crippen LogP contribution < -0.4 is 9.47 Å². The zero-order chi connectivity index (χ0) is 18.3. The van der Waals surface area contributed by atoms with Gasteiger partial charge in [0, 0.05) is 21.5 Å². The van der Waals surface area contributed by atoms with E-state index < -0.39 is 0 Å². The van der Waals surface area contributed by atoms with Crippen molar-refractivity contribution in [1.82, 2.24) is 0 Å². The van der Waals surface area contributed by atoms with Gasteiger partial charge in [0.15, 0.2) is 0 Å². The molecule has 4 rings (SSSR count). The minimum Gasteiger partial charge on any atom is -0.493 e. The second-order valence-electron chi connectivity index (χ2n) is 7.15. The minimum absolute atomic E-state index is 0.739. The van der Waals surface area contributed by atoms with E-state index in [0.29, 0.717) is 0 Å². The van der Waals surface area contributed by atoms with Gasteiger partial charge in [-0.1, -0.05) is 38.1 Å². The van der Waals surface area contributed by atoms with Gasteiger partial charge in [-0.05, 0) is 60.7 Å². The number of aryl methyl sites for hydroxylation is 2. The molecule has 4 aromatic rings. The molecule has 0 fully saturated rings. The number of ether oxygens (including phenoxy) is 2. The Labute approximate surface area is 155 Å². The van der Waals surface area contributed by atoms with Gasteiger partial charge in [-0.15, -0.1) is 0 Å². The van der Waals surface area contributed by atoms with E-state index in [1.807, 2.05) is 0 Å². The summed E-state index contributed by atoms with van der Waals surface area (Å²) in [5.41, 5.74) is 2.55. The summed E-state index contributed by atoms with van der Waals surface area (Å²) in [6.45, 7) is 10.1. The molecule has 0 N–H and O–H groups in total. The quantitative estimate of drug-likeness (QED) is 0.358. The van der Waals surface area contributed by atoms with Crippen molar-refractivity contribution in [1.29, 1.82) is 0 Å². The predicted molar refractivity (Wildman–Crippen MR) is 111 cm³/mol. The number of hydrogen-bond acceptors (Lipinski definition) is 2. The Balaban J connectivity index is 2.15. The van der Waals surface area contributed by atoms with Crippen LogP contribution in [0.3, 0.4) is 0 Å². The van der Waals surface area contributed by atoms with Gasteiger partial charge in [0.05, 0.1) is 13.2 Å². The first-order valence-electron chi connectivity index (χ1n) is 9.63. The van der Waals surface area contributed by atoms with Crippen LogP contribution >= 0.6 is 0 Å². The molecule has 0 atom stereocenters. The summed E-state index contributed by atoms with van der Waals surface area (Å²) in [5.74, 6) is 1.98. The maximum Gasteiger partial charge on any atom is 0.127 e. The smallest absolute Gasteiger partial charge is 0.127 e. The molecule has 0 spiro atoms. The molecule has 4 aromatic carbocycles. The highest BCUT2D eigenvalue weighted by molar-refractivity contribution is 6.27. The molecule has 0 unspecified atom stereocenters. The van der Waals surface area contributed by atoms with E-state index in [-0.39, 0.29) is 0 Å². The molecule has 0 amide bonds. The molecule has 0 aliphatic rings. The molecular weight excluding hydrogens is 320 g/mol. The van der Waals surface area contributed by atoms with Crippen LogP contribution in [0.5, 0.6) is 11.5 Å². The maximum absolute atomic E-state index is 6.13. The fraction of sp³-hybridized carbons (Fsp3) is 0.333. The van der Waals surface area contributed by atoms with E-state index >= 15 is 0 Å². The van der Waals surface area contributed by atoms with Gasteiger partial charge in [0.2, 0.25) is 0 Å². The Bertz CT molecular complexity index is 991. The van der Waals surface area contributed by atoms with E-state index in [4.69, 9.17) is 9.47 Å². The lowest BCUT2D eigenvalue weighted by Crippen LogP contribution is -2.00. The van der Waals surface area contributed by atoms with E-state index in [1.54, 1.807) is 0 Å². The molecule has 0 aromatic heterocycles. The molecule has 0 saturated heterocycles. The maximum atomic E-state index is 6.13. The highest BCUT2D eigenvalue weighted by Crippen LogP contribution is 2.45. The van der Waals surface area contributed by atoms with E-state index in [0.717, 1.165) is 37.6 Å². The average molecular weight is 346 g/mol. The Morgan fingerprint density at radius 1 is 0.615 bits per heavy atom. The molecular formula is C24H26O2. The lowest BCUT2D eigenvalue weighted by molar-refractivity contribution is 0.321. The zero-order valence-electron chi connectivity index (χ0n) is 16.1. The minimum atomic E-state index is 0.739. The number of benzene rings is 4. The van der Waals surface area contributed by atoms with Crippen molar-refractivity contribution in [2.24, 2.45) is 0 Å². The van der Waals surface area contributed by atoms with Crippen molar-refractivity contribution in [3.8, 4) is 11.5 Å². The van der Waals surface area contributed by atoms with Crippen LogP contribution in [0.4, 0.5) is 0 Å². The first-order chi connectivity index (χ1) is 12.7. The summed E-state index contributed by atoms with van der Waals surface area (Å²) in [5, 5.41) is 7.53. The fourth-order valence-electron chi connectivity index (χ4n) is 3.85. The largest absolute Gasteiger partial charge is 0.493 e. The summed E-state index contributed by atoms with van der Waals surface area (Å²) in [4.78, 5) is 0. The third-order valence-corrected chi connectivity index (χ3v) is 5.18. The Kier molecular flexibility index (Phi) is 4.36. The molecule has 26 heavy (non-hydrogen) atoms. The molecule has 0 aliphatic carbocycles. The standard InChI is InChI=1S/C24H26O2/c1-5-11-25-21-13-19-15(3)8-10-18-22(26-12-6-2)14-20-16(4)7-9-17(21)23(20)24(18)19/h7-10,13-14H,5-6,11-12H2,1-4H3. The van der Waals surface area contributed by atoms with Crippen molar-refractivity contribution in [2.45, 2.75) is 40.5 Å². The van der Waals surface area contributed by atoms with Gasteiger partial charge in [-0.3, -0.25) is 0 Å². The highest BCUT2D eigenvalue weighted by atomic mass is 16.5. The Morgan fingerprint density at radius 2 is 1.04 bits per heavy atom. The van der Waals surface area contributed by atoms with Gasteiger partial charge in [-0.25, -0.2) is 0 Å². The molecule has 2 nitrogen and oxygen atoms in total. The summed E-state index contributed by atoms with van der Waals surface area (Å²) < 4.78 is 12.3. The summed E-state index contributed by atoms with van der Waals surface area (Å²) in [6.07, 6.45) is 2.01. The fourth-order valence-corrected chi connectivity index (χ4v) is 3.85. The topological polar surface area (TPSA) is 18.5 Å². The van der Waals surface area contributed by atoms with Crippen LogP contribution in [0.25, 0.3) is 32.3 Å². The average Bonchev–Trinajstić information content (AvgIpc) is 2.65. The second-order valence-corrected chi connectivity index (χ2v) is 7.15. The molecule has 0 heterocycles. The lowest BCUT2D eigenvalue weighted by Gasteiger charge is -2.20. The van der Waals surface area contributed by atoms with Gasteiger partial charge in [0.25, 0.3) is 0 Å². The zero-order valence-corrected chi connectivity index (χ0v) is 16.1. The Morgan fingerprint density at radius 3 is 1.42 bits per heavy atom. The SMILES string of the molecule is CCCOc1cc2c(C)ccc3c(OCCC)cc4c(C)ccc1c4c23. The molecule has 134 valence electrons. The summed E-state index contributed by atoms with van der Waals surface area (Å²) in [6, 6.07) is 13.2. The van der Waals surface area contributed by atoms with Crippen molar-refractivity contribution in [3.63, 3.8) is 0 Å². The summed E-state index contributed by atoms with van der Waals surface area (Å²) in [7, 11) is 0. The van der Waals surface area contributed by atoms with Crippen LogP contribution in [-0.2, 0) is 0 Å². The van der Waals surface area contributed by atoms with Gasteiger partial charge in [0.1, 0.15) is 11.5 Å². The van der Waals surface area contributed by atoms with Crippen molar-refractivity contribution >= 4 is 32.3 Å². The van der Waals surface area contributed by atoms with Crippen LogP contribution in [0.1, 0.15) is 37.8 Å². The monoisotopic (exact) mass is 346 g/mol. The van der Waals surface area contributed by atoms with Crippen molar-refractivity contribution < 1.29 is 9.47 Å². The predicted octanol–water partition coefficient (Wildman–Crippen LogP) is 6.78. The third-order valence-electron chi connectivity index (χ3n) is 5.18. The first-order valence-corrected chi connectivity index (χ1v) is 9.63. The molecule has 0 saturated carbocycles. The number of hydrogen-bond donors (Lipinski definition) is 0. The second kappa shape index (κ2) is 6.68.